The number of nitrogens with zero attached hydrogens (tertiary/aromatic N) is 3. The summed E-state index contributed by atoms with van der Waals surface area (Å²) in [6.07, 6.45) is 0. The van der Waals surface area contributed by atoms with Crippen molar-refractivity contribution in [1.82, 2.24) is 9.97 Å². The first-order valence-corrected chi connectivity index (χ1v) is 22.8. The molecule has 0 radical (unpaired) electrons. The number of benzene rings is 9. The summed E-state index contributed by atoms with van der Waals surface area (Å²) in [5.41, 5.74) is 11.9. The lowest BCUT2D eigenvalue weighted by atomic mass is 9.96. The van der Waals surface area contributed by atoms with E-state index in [0.29, 0.717) is 0 Å². The third kappa shape index (κ3) is 6.16. The maximum absolute atomic E-state index is 5.18. The molecule has 13 rings (SSSR count). The van der Waals surface area contributed by atoms with Crippen molar-refractivity contribution in [3.8, 4) is 33.6 Å². The van der Waals surface area contributed by atoms with Gasteiger partial charge in [-0.15, -0.1) is 22.7 Å². The number of hydrogen-bond acceptors (Lipinski definition) is 5. The third-order valence-electron chi connectivity index (χ3n) is 12.4. The zero-order chi connectivity index (χ0) is 41.4. The molecule has 0 N–H and O–H groups in total. The molecular weight excluding hydrogens is 803 g/mol. The fraction of sp³-hybridized carbons (Fsp3) is 0. The normalized spacial score (nSPS) is 11.8. The van der Waals surface area contributed by atoms with Gasteiger partial charge in [0.1, 0.15) is 0 Å². The van der Waals surface area contributed by atoms with Crippen LogP contribution in [0.2, 0.25) is 0 Å². The molecule has 0 aliphatic rings. The van der Waals surface area contributed by atoms with Crippen LogP contribution in [0, 0.1) is 0 Å². The van der Waals surface area contributed by atoms with Crippen LogP contribution in [0.5, 0.6) is 0 Å². The van der Waals surface area contributed by atoms with Gasteiger partial charge in [-0.2, -0.15) is 0 Å². The number of anilines is 3. The van der Waals surface area contributed by atoms with E-state index in [2.05, 4.69) is 217 Å². The molecule has 0 aliphatic heterocycles. The van der Waals surface area contributed by atoms with Gasteiger partial charge in [-0.1, -0.05) is 127 Å². The molecule has 0 unspecified atom stereocenters. The van der Waals surface area contributed by atoms with Crippen molar-refractivity contribution in [2.75, 3.05) is 4.90 Å². The van der Waals surface area contributed by atoms with Gasteiger partial charge in [0.25, 0.3) is 0 Å². The average molecular weight is 838 g/mol. The molecule has 0 spiro atoms. The van der Waals surface area contributed by atoms with E-state index in [1.54, 1.807) is 22.7 Å². The van der Waals surface area contributed by atoms with Crippen LogP contribution in [0.1, 0.15) is 0 Å². The highest BCUT2D eigenvalue weighted by Gasteiger charge is 2.17. The van der Waals surface area contributed by atoms with E-state index in [1.165, 1.54) is 73.0 Å². The summed E-state index contributed by atoms with van der Waals surface area (Å²) < 4.78 is 4.94. The van der Waals surface area contributed by atoms with Crippen LogP contribution in [0.4, 0.5) is 17.1 Å². The Morgan fingerprint density at radius 2 is 0.730 bits per heavy atom. The summed E-state index contributed by atoms with van der Waals surface area (Å²) in [5, 5.41) is 9.83. The van der Waals surface area contributed by atoms with Crippen LogP contribution in [0.25, 0.3) is 107 Å². The molecule has 13 aromatic rings. The summed E-state index contributed by atoms with van der Waals surface area (Å²) in [4.78, 5) is 12.7. The molecule has 0 saturated heterocycles. The molecular formula is C58H35N3S2. The first-order valence-electron chi connectivity index (χ1n) is 21.2. The largest absolute Gasteiger partial charge is 0.310 e. The first-order chi connectivity index (χ1) is 31.2. The van der Waals surface area contributed by atoms with Crippen LogP contribution in [0.15, 0.2) is 212 Å². The molecule has 9 aromatic carbocycles. The van der Waals surface area contributed by atoms with Gasteiger partial charge < -0.3 is 4.90 Å². The Morgan fingerprint density at radius 3 is 1.33 bits per heavy atom. The second-order valence-corrected chi connectivity index (χ2v) is 18.3. The van der Waals surface area contributed by atoms with Gasteiger partial charge >= 0.3 is 0 Å². The topological polar surface area (TPSA) is 29.0 Å². The van der Waals surface area contributed by atoms with Crippen molar-refractivity contribution in [1.29, 1.82) is 0 Å². The number of pyridine rings is 2. The maximum Gasteiger partial charge on any atom is 0.0895 e. The van der Waals surface area contributed by atoms with Crippen molar-refractivity contribution in [3.05, 3.63) is 212 Å². The van der Waals surface area contributed by atoms with E-state index in [4.69, 9.17) is 9.97 Å². The lowest BCUT2D eigenvalue weighted by Crippen LogP contribution is -2.10. The lowest BCUT2D eigenvalue weighted by Gasteiger charge is -2.26. The van der Waals surface area contributed by atoms with Crippen LogP contribution in [0.3, 0.4) is 0 Å². The Morgan fingerprint density at radius 1 is 0.286 bits per heavy atom. The van der Waals surface area contributed by atoms with Gasteiger partial charge in [-0.3, -0.25) is 0 Å². The standard InChI is InChI=1S/C58H35N3S2/c1-2-8-39-33-40(14-13-36(39)7-1)41-21-27-47-42(34-41)15-16-43-35-46(26-28-48(43)47)61(44-22-17-37(18-23-44)51-29-31-55-57(59-51)49-9-3-5-11-53(49)62-55)45-24-19-38(20-25-45)52-30-32-56-58(60-52)50-10-4-6-12-54(50)63-56/h1-35H. The molecule has 0 fully saturated rings. The monoisotopic (exact) mass is 837 g/mol. The zero-order valence-corrected chi connectivity index (χ0v) is 35.5. The van der Waals surface area contributed by atoms with Crippen LogP contribution >= 0.6 is 22.7 Å². The molecule has 5 heteroatoms. The number of fused-ring (bicyclic) bond motifs is 10. The molecule has 4 heterocycles. The molecule has 0 aliphatic carbocycles. The van der Waals surface area contributed by atoms with Crippen molar-refractivity contribution < 1.29 is 0 Å². The summed E-state index contributed by atoms with van der Waals surface area (Å²) in [5.74, 6) is 0. The quantitative estimate of drug-likeness (QED) is 0.156. The Bertz CT molecular complexity index is 3760. The number of aromatic nitrogens is 2. The highest BCUT2D eigenvalue weighted by atomic mass is 32.1. The summed E-state index contributed by atoms with van der Waals surface area (Å²) in [6, 6.07) is 77.0. The van der Waals surface area contributed by atoms with Crippen molar-refractivity contribution in [2.45, 2.75) is 0 Å². The minimum Gasteiger partial charge on any atom is -0.310 e. The second-order valence-electron chi connectivity index (χ2n) is 16.2. The van der Waals surface area contributed by atoms with Gasteiger partial charge in [-0.05, 0) is 128 Å². The van der Waals surface area contributed by atoms with Crippen LogP contribution in [-0.2, 0) is 0 Å². The predicted octanol–water partition coefficient (Wildman–Crippen LogP) is 17.1. The van der Waals surface area contributed by atoms with E-state index < -0.39 is 0 Å². The molecule has 63 heavy (non-hydrogen) atoms. The van der Waals surface area contributed by atoms with Crippen molar-refractivity contribution in [2.24, 2.45) is 0 Å². The van der Waals surface area contributed by atoms with Crippen molar-refractivity contribution in [3.63, 3.8) is 0 Å². The highest BCUT2D eigenvalue weighted by molar-refractivity contribution is 7.26. The molecule has 4 aromatic heterocycles. The lowest BCUT2D eigenvalue weighted by molar-refractivity contribution is 1.28. The molecule has 3 nitrogen and oxygen atoms in total. The fourth-order valence-electron chi connectivity index (χ4n) is 9.26. The van der Waals surface area contributed by atoms with Crippen LogP contribution in [-0.4, -0.2) is 9.97 Å². The van der Waals surface area contributed by atoms with Gasteiger partial charge in [0.15, 0.2) is 0 Å². The molecule has 0 atom stereocenters. The zero-order valence-electron chi connectivity index (χ0n) is 33.9. The second kappa shape index (κ2) is 14.5. The van der Waals surface area contributed by atoms with Gasteiger partial charge in [0, 0.05) is 48.4 Å². The Kier molecular flexibility index (Phi) is 8.26. The van der Waals surface area contributed by atoms with E-state index in [9.17, 15) is 0 Å². The SMILES string of the molecule is c1ccc2cc(-c3ccc4c(ccc5cc(N(c6ccc(-c7ccc8sc9ccccc9c8n7)cc6)c6ccc(-c7ccc8sc9ccccc9c8n7)cc6)ccc54)c3)ccc2c1. The number of thiophene rings is 2. The summed E-state index contributed by atoms with van der Waals surface area (Å²) in [7, 11) is 0. The minimum atomic E-state index is 0.970. The first kappa shape index (κ1) is 36.0. The predicted molar refractivity (Wildman–Crippen MR) is 271 cm³/mol. The van der Waals surface area contributed by atoms with Crippen molar-refractivity contribution >= 4 is 113 Å². The maximum atomic E-state index is 5.18. The van der Waals surface area contributed by atoms with E-state index in [-0.39, 0.29) is 0 Å². The smallest absolute Gasteiger partial charge is 0.0895 e. The number of rotatable bonds is 6. The minimum absolute atomic E-state index is 0.970. The molecule has 0 bridgehead atoms. The Balaban J connectivity index is 0.891. The average Bonchev–Trinajstić information content (AvgIpc) is 3.92. The molecule has 0 amide bonds. The van der Waals surface area contributed by atoms with E-state index >= 15 is 0 Å². The fourth-order valence-corrected chi connectivity index (χ4v) is 11.4. The summed E-state index contributed by atoms with van der Waals surface area (Å²) >= 11 is 3.59. The van der Waals surface area contributed by atoms with E-state index in [0.717, 1.165) is 50.6 Å². The van der Waals surface area contributed by atoms with E-state index in [1.807, 2.05) is 0 Å². The Labute approximate surface area is 371 Å². The highest BCUT2D eigenvalue weighted by Crippen LogP contribution is 2.41. The number of hydrogen-bond donors (Lipinski definition) is 0. The van der Waals surface area contributed by atoms with Gasteiger partial charge in [-0.25, -0.2) is 9.97 Å². The van der Waals surface area contributed by atoms with Gasteiger partial charge in [0.2, 0.25) is 0 Å². The molecule has 0 saturated carbocycles. The summed E-state index contributed by atoms with van der Waals surface area (Å²) in [6.45, 7) is 0. The van der Waals surface area contributed by atoms with Gasteiger partial charge in [0.05, 0.1) is 31.8 Å². The van der Waals surface area contributed by atoms with Crippen LogP contribution < -0.4 is 4.90 Å². The molecule has 294 valence electrons. The third-order valence-corrected chi connectivity index (χ3v) is 14.7. The Hall–Kier alpha value is -7.70.